The molecule has 2 aromatic rings. The Morgan fingerprint density at radius 1 is 1.12 bits per heavy atom. The van der Waals surface area contributed by atoms with Crippen LogP contribution in [0.1, 0.15) is 28.8 Å². The number of carbonyl (C=O) groups excluding carboxylic acids is 1. The lowest BCUT2D eigenvalue weighted by atomic mass is 10.2. The molecule has 0 saturated carbocycles. The number of hydrogen-bond acceptors (Lipinski definition) is 5. The van der Waals surface area contributed by atoms with Crippen molar-refractivity contribution in [3.63, 3.8) is 0 Å². The largest absolute Gasteiger partial charge is 0.497 e. The number of amides is 1. The Kier molecular flexibility index (Phi) is 5.38. The van der Waals surface area contributed by atoms with Gasteiger partial charge in [-0.1, -0.05) is 6.07 Å². The Bertz CT molecular complexity index is 703. The maximum absolute atomic E-state index is 12.4. The lowest BCUT2D eigenvalue weighted by Gasteiger charge is -2.16. The van der Waals surface area contributed by atoms with Crippen molar-refractivity contribution < 1.29 is 14.3 Å². The van der Waals surface area contributed by atoms with Gasteiger partial charge >= 0.3 is 0 Å². The van der Waals surface area contributed by atoms with Crippen molar-refractivity contribution in [3.8, 4) is 11.5 Å². The van der Waals surface area contributed by atoms with E-state index < -0.39 is 0 Å². The number of methoxy groups -OCH3 is 2. The van der Waals surface area contributed by atoms with Crippen LogP contribution in [0.15, 0.2) is 36.5 Å². The summed E-state index contributed by atoms with van der Waals surface area (Å²) < 4.78 is 10.4. The molecule has 1 N–H and O–H groups in total. The molecule has 1 aliphatic heterocycles. The van der Waals surface area contributed by atoms with Gasteiger partial charge in [0.15, 0.2) is 0 Å². The lowest BCUT2D eigenvalue weighted by Crippen LogP contribution is -2.23. The van der Waals surface area contributed by atoms with Crippen LogP contribution in [0.5, 0.6) is 11.5 Å². The third-order valence-corrected chi connectivity index (χ3v) is 4.31. The average Bonchev–Trinajstić information content (AvgIpc) is 3.20. The fourth-order valence-electron chi connectivity index (χ4n) is 2.88. The van der Waals surface area contributed by atoms with Gasteiger partial charge in [-0.05, 0) is 36.6 Å². The predicted octanol–water partition coefficient (Wildman–Crippen LogP) is 2.63. The van der Waals surface area contributed by atoms with Gasteiger partial charge in [-0.3, -0.25) is 4.79 Å². The third-order valence-electron chi connectivity index (χ3n) is 4.31. The molecule has 0 radical (unpaired) electrons. The molecule has 2 heterocycles. The van der Waals surface area contributed by atoms with Crippen molar-refractivity contribution in [3.05, 3.63) is 47.7 Å². The zero-order chi connectivity index (χ0) is 17.6. The van der Waals surface area contributed by atoms with E-state index in [9.17, 15) is 4.79 Å². The van der Waals surface area contributed by atoms with Gasteiger partial charge in [-0.2, -0.15) is 0 Å². The van der Waals surface area contributed by atoms with Crippen molar-refractivity contribution in [1.29, 1.82) is 0 Å². The number of benzene rings is 1. The molecule has 0 atom stereocenters. The quantitative estimate of drug-likeness (QED) is 0.875. The standard InChI is InChI=1S/C19H23N3O3/c1-24-16-9-15(10-17(11-16)25-2)19(23)21-13-14-5-6-18(20-12-14)22-7-3-4-8-22/h5-6,9-12H,3-4,7-8,13H2,1-2H3,(H,21,23). The van der Waals surface area contributed by atoms with Gasteiger partial charge in [-0.25, -0.2) is 4.98 Å². The minimum atomic E-state index is -0.180. The summed E-state index contributed by atoms with van der Waals surface area (Å²) in [4.78, 5) is 19.2. The van der Waals surface area contributed by atoms with Crippen LogP contribution in [-0.2, 0) is 6.54 Å². The van der Waals surface area contributed by atoms with E-state index in [1.54, 1.807) is 32.4 Å². The van der Waals surface area contributed by atoms with E-state index in [-0.39, 0.29) is 5.91 Å². The summed E-state index contributed by atoms with van der Waals surface area (Å²) >= 11 is 0. The van der Waals surface area contributed by atoms with Gasteiger partial charge in [0.25, 0.3) is 5.91 Å². The van der Waals surface area contributed by atoms with E-state index in [4.69, 9.17) is 9.47 Å². The second kappa shape index (κ2) is 7.88. The molecule has 132 valence electrons. The number of hydrogen-bond donors (Lipinski definition) is 1. The highest BCUT2D eigenvalue weighted by Gasteiger charge is 2.13. The van der Waals surface area contributed by atoms with E-state index >= 15 is 0 Å². The van der Waals surface area contributed by atoms with Crippen LogP contribution in [0.4, 0.5) is 5.82 Å². The van der Waals surface area contributed by atoms with E-state index in [2.05, 4.69) is 15.2 Å². The van der Waals surface area contributed by atoms with Gasteiger partial charge in [0.1, 0.15) is 17.3 Å². The molecule has 0 aliphatic carbocycles. The second-order valence-corrected chi connectivity index (χ2v) is 6.00. The first-order valence-corrected chi connectivity index (χ1v) is 8.41. The maximum atomic E-state index is 12.4. The number of aromatic nitrogens is 1. The Balaban J connectivity index is 1.62. The van der Waals surface area contributed by atoms with Crippen LogP contribution in [0.2, 0.25) is 0 Å². The topological polar surface area (TPSA) is 63.7 Å². The molecule has 1 aromatic heterocycles. The molecular formula is C19H23N3O3. The predicted molar refractivity (Wildman–Crippen MR) is 96.4 cm³/mol. The van der Waals surface area contributed by atoms with Gasteiger partial charge < -0.3 is 19.7 Å². The molecule has 1 saturated heterocycles. The molecular weight excluding hydrogens is 318 g/mol. The first-order chi connectivity index (χ1) is 12.2. The molecule has 1 amide bonds. The summed E-state index contributed by atoms with van der Waals surface area (Å²) in [5.41, 5.74) is 1.46. The van der Waals surface area contributed by atoms with Crippen LogP contribution < -0.4 is 19.7 Å². The molecule has 0 bridgehead atoms. The fourth-order valence-corrected chi connectivity index (χ4v) is 2.88. The zero-order valence-corrected chi connectivity index (χ0v) is 14.6. The number of carbonyl (C=O) groups is 1. The van der Waals surface area contributed by atoms with Gasteiger partial charge in [0, 0.05) is 37.5 Å². The maximum Gasteiger partial charge on any atom is 0.251 e. The molecule has 6 heteroatoms. The Labute approximate surface area is 147 Å². The highest BCUT2D eigenvalue weighted by molar-refractivity contribution is 5.95. The van der Waals surface area contributed by atoms with Gasteiger partial charge in [-0.15, -0.1) is 0 Å². The van der Waals surface area contributed by atoms with Crippen LogP contribution in [0.3, 0.4) is 0 Å². The van der Waals surface area contributed by atoms with E-state index in [0.717, 1.165) is 24.5 Å². The number of anilines is 1. The molecule has 1 aromatic carbocycles. The monoisotopic (exact) mass is 341 g/mol. The van der Waals surface area contributed by atoms with Crippen molar-refractivity contribution in [1.82, 2.24) is 10.3 Å². The smallest absolute Gasteiger partial charge is 0.251 e. The molecule has 1 fully saturated rings. The number of nitrogens with zero attached hydrogens (tertiary/aromatic N) is 2. The van der Waals surface area contributed by atoms with Crippen molar-refractivity contribution in [2.24, 2.45) is 0 Å². The summed E-state index contributed by atoms with van der Waals surface area (Å²) in [7, 11) is 3.12. The van der Waals surface area contributed by atoms with Crippen LogP contribution in [-0.4, -0.2) is 38.2 Å². The number of rotatable bonds is 6. The fraction of sp³-hybridized carbons (Fsp3) is 0.368. The molecule has 25 heavy (non-hydrogen) atoms. The summed E-state index contributed by atoms with van der Waals surface area (Å²) in [6.07, 6.45) is 4.27. The lowest BCUT2D eigenvalue weighted by molar-refractivity contribution is 0.0950. The molecule has 0 unspecified atom stereocenters. The normalized spacial score (nSPS) is 13.6. The first kappa shape index (κ1) is 17.1. The number of ether oxygens (including phenoxy) is 2. The zero-order valence-electron chi connectivity index (χ0n) is 14.6. The minimum Gasteiger partial charge on any atom is -0.497 e. The van der Waals surface area contributed by atoms with Crippen molar-refractivity contribution in [2.45, 2.75) is 19.4 Å². The SMILES string of the molecule is COc1cc(OC)cc(C(=O)NCc2ccc(N3CCCC3)nc2)c1. The van der Waals surface area contributed by atoms with Crippen molar-refractivity contribution in [2.75, 3.05) is 32.2 Å². The summed E-state index contributed by atoms with van der Waals surface area (Å²) in [5, 5.41) is 2.90. The number of nitrogens with one attached hydrogen (secondary N) is 1. The Hall–Kier alpha value is -2.76. The van der Waals surface area contributed by atoms with Crippen LogP contribution >= 0.6 is 0 Å². The van der Waals surface area contributed by atoms with E-state index in [1.165, 1.54) is 12.8 Å². The minimum absolute atomic E-state index is 0.180. The Morgan fingerprint density at radius 2 is 1.80 bits per heavy atom. The summed E-state index contributed by atoms with van der Waals surface area (Å²) in [5.74, 6) is 1.99. The highest BCUT2D eigenvalue weighted by atomic mass is 16.5. The van der Waals surface area contributed by atoms with Crippen molar-refractivity contribution >= 4 is 11.7 Å². The van der Waals surface area contributed by atoms with Gasteiger partial charge in [0.2, 0.25) is 0 Å². The summed E-state index contributed by atoms with van der Waals surface area (Å²) in [6.45, 7) is 2.56. The Morgan fingerprint density at radius 3 is 2.36 bits per heavy atom. The highest BCUT2D eigenvalue weighted by Crippen LogP contribution is 2.22. The summed E-state index contributed by atoms with van der Waals surface area (Å²) in [6, 6.07) is 9.13. The first-order valence-electron chi connectivity index (χ1n) is 8.41. The van der Waals surface area contributed by atoms with Crippen LogP contribution in [0.25, 0.3) is 0 Å². The molecule has 6 nitrogen and oxygen atoms in total. The van der Waals surface area contributed by atoms with Crippen LogP contribution in [0, 0.1) is 0 Å². The van der Waals surface area contributed by atoms with E-state index in [1.807, 2.05) is 18.3 Å². The molecule has 1 aliphatic rings. The molecule has 0 spiro atoms. The third kappa shape index (κ3) is 4.21. The molecule has 3 rings (SSSR count). The second-order valence-electron chi connectivity index (χ2n) is 6.00. The number of pyridine rings is 1. The average molecular weight is 341 g/mol. The van der Waals surface area contributed by atoms with Gasteiger partial charge in [0.05, 0.1) is 14.2 Å². The van der Waals surface area contributed by atoms with E-state index in [0.29, 0.717) is 23.6 Å².